The standard InChI is InChI=1S/C46H37N5.C2H6/c1-5-16-37-40-28-33-25-26-34(36-22-15-23-39-38-21-13-14-24-42(38)50(4)44(36)39)27-35(33)29-43(40)51(41(37)6-2)30-48-46(32-19-11-8-12-20-32)49-45(47-3)31-17-9-7-10-18-31;1-2/h5-29H,2-3,30H2,1,4H3;1-2H3/b16-5-,48-46-,49-45?;. The second-order valence-corrected chi connectivity index (χ2v) is 12.6. The van der Waals surface area contributed by atoms with Crippen molar-refractivity contribution in [3.8, 4) is 11.1 Å². The maximum atomic E-state index is 5.15. The van der Waals surface area contributed by atoms with E-state index < -0.39 is 0 Å². The Balaban J connectivity index is 0.00000214. The van der Waals surface area contributed by atoms with Gasteiger partial charge in [0.2, 0.25) is 0 Å². The second-order valence-electron chi connectivity index (χ2n) is 12.6. The topological polar surface area (TPSA) is 46.9 Å². The second kappa shape index (κ2) is 15.3. The number of amidine groups is 2. The number of rotatable bonds is 7. The average Bonchev–Trinajstić information content (AvgIpc) is 3.68. The summed E-state index contributed by atoms with van der Waals surface area (Å²) < 4.78 is 4.55. The number of aliphatic imine (C=N–C) groups is 3. The third kappa shape index (κ3) is 6.42. The number of hydrogen-bond acceptors (Lipinski definition) is 1. The van der Waals surface area contributed by atoms with Crippen molar-refractivity contribution in [2.24, 2.45) is 22.0 Å². The summed E-state index contributed by atoms with van der Waals surface area (Å²) in [4.78, 5) is 14.4. The van der Waals surface area contributed by atoms with E-state index in [-0.39, 0.29) is 0 Å². The van der Waals surface area contributed by atoms with Crippen molar-refractivity contribution in [3.63, 3.8) is 0 Å². The molecule has 8 aromatic rings. The number of allylic oxidation sites excluding steroid dienone is 1. The van der Waals surface area contributed by atoms with Crippen molar-refractivity contribution >= 4 is 74.0 Å². The zero-order chi connectivity index (χ0) is 36.9. The minimum atomic E-state index is 0.336. The predicted octanol–water partition coefficient (Wildman–Crippen LogP) is 12.4. The molecule has 8 rings (SSSR count). The van der Waals surface area contributed by atoms with Crippen LogP contribution in [-0.4, -0.2) is 27.5 Å². The summed E-state index contributed by atoms with van der Waals surface area (Å²) in [6.07, 6.45) is 6.16. The van der Waals surface area contributed by atoms with E-state index in [1.807, 2.05) is 87.5 Å². The number of hydrogen-bond donors (Lipinski definition) is 0. The van der Waals surface area contributed by atoms with Gasteiger partial charge in [0, 0.05) is 51.0 Å². The van der Waals surface area contributed by atoms with Crippen LogP contribution in [0.15, 0.2) is 161 Å². The Kier molecular flexibility index (Phi) is 10.1. The van der Waals surface area contributed by atoms with E-state index in [1.54, 1.807) is 0 Å². The van der Waals surface area contributed by atoms with Crippen molar-refractivity contribution in [2.75, 3.05) is 0 Å². The summed E-state index contributed by atoms with van der Waals surface area (Å²) in [6.45, 7) is 14.4. The van der Waals surface area contributed by atoms with E-state index >= 15 is 0 Å². The van der Waals surface area contributed by atoms with Crippen LogP contribution in [-0.2, 0) is 13.7 Å². The highest BCUT2D eigenvalue weighted by Gasteiger charge is 2.17. The first-order valence-corrected chi connectivity index (χ1v) is 18.1. The van der Waals surface area contributed by atoms with E-state index in [0.29, 0.717) is 18.3 Å². The fraction of sp³-hybridized carbons (Fsp3) is 0.104. The van der Waals surface area contributed by atoms with Crippen molar-refractivity contribution < 1.29 is 0 Å². The van der Waals surface area contributed by atoms with Crippen molar-refractivity contribution in [2.45, 2.75) is 27.4 Å². The van der Waals surface area contributed by atoms with Crippen LogP contribution in [0.4, 0.5) is 0 Å². The van der Waals surface area contributed by atoms with Crippen LogP contribution in [0.25, 0.3) is 66.8 Å². The van der Waals surface area contributed by atoms with Gasteiger partial charge in [0.25, 0.3) is 0 Å². The summed E-state index contributed by atoms with van der Waals surface area (Å²) >= 11 is 0. The van der Waals surface area contributed by atoms with Crippen LogP contribution in [0.2, 0.25) is 0 Å². The minimum Gasteiger partial charge on any atom is -0.343 e. The molecule has 0 bridgehead atoms. The molecule has 260 valence electrons. The van der Waals surface area contributed by atoms with E-state index in [4.69, 9.17) is 9.98 Å². The van der Waals surface area contributed by atoms with Crippen LogP contribution in [0.3, 0.4) is 0 Å². The smallest absolute Gasteiger partial charge is 0.161 e. The number of fused-ring (bicyclic) bond motifs is 5. The number of benzene rings is 6. The molecule has 0 spiro atoms. The van der Waals surface area contributed by atoms with Gasteiger partial charge >= 0.3 is 0 Å². The fourth-order valence-electron chi connectivity index (χ4n) is 7.28. The Morgan fingerprint density at radius 3 is 2.06 bits per heavy atom. The van der Waals surface area contributed by atoms with Crippen LogP contribution in [0.1, 0.15) is 43.2 Å². The Labute approximate surface area is 311 Å². The third-order valence-corrected chi connectivity index (χ3v) is 9.65. The summed E-state index contributed by atoms with van der Waals surface area (Å²) in [5.41, 5.74) is 9.84. The van der Waals surface area contributed by atoms with Gasteiger partial charge in [-0.05, 0) is 60.3 Å². The fourth-order valence-corrected chi connectivity index (χ4v) is 7.28. The van der Waals surface area contributed by atoms with Crippen LogP contribution in [0, 0.1) is 0 Å². The molecule has 0 aliphatic heterocycles. The van der Waals surface area contributed by atoms with Gasteiger partial charge in [0.1, 0.15) is 6.67 Å². The number of nitrogens with zero attached hydrogens (tertiary/aromatic N) is 5. The highest BCUT2D eigenvalue weighted by Crippen LogP contribution is 2.38. The molecular formula is C48H43N5. The molecule has 0 saturated heterocycles. The minimum absolute atomic E-state index is 0.336. The van der Waals surface area contributed by atoms with Crippen molar-refractivity contribution in [1.82, 2.24) is 9.13 Å². The normalized spacial score (nSPS) is 12.2. The van der Waals surface area contributed by atoms with Gasteiger partial charge in [0.05, 0.1) is 16.7 Å². The molecule has 0 fully saturated rings. The molecule has 0 aliphatic rings. The summed E-state index contributed by atoms with van der Waals surface area (Å²) in [7, 11) is 2.16. The molecule has 53 heavy (non-hydrogen) atoms. The molecule has 5 heteroatoms. The molecule has 0 radical (unpaired) electrons. The van der Waals surface area contributed by atoms with Gasteiger partial charge in [-0.25, -0.2) is 15.0 Å². The quantitative estimate of drug-likeness (QED) is 0.118. The molecule has 0 atom stereocenters. The lowest BCUT2D eigenvalue weighted by Crippen LogP contribution is -2.07. The largest absolute Gasteiger partial charge is 0.343 e. The zero-order valence-corrected chi connectivity index (χ0v) is 30.8. The maximum absolute atomic E-state index is 5.15. The molecule has 0 N–H and O–H groups in total. The zero-order valence-electron chi connectivity index (χ0n) is 30.8. The number of aryl methyl sites for hydroxylation is 1. The molecule has 0 amide bonds. The van der Waals surface area contributed by atoms with E-state index in [9.17, 15) is 0 Å². The molecular weight excluding hydrogens is 647 g/mol. The Bertz CT molecular complexity index is 2700. The Morgan fingerprint density at radius 1 is 0.679 bits per heavy atom. The predicted molar refractivity (Wildman–Crippen MR) is 231 cm³/mol. The first kappa shape index (κ1) is 34.8. The van der Waals surface area contributed by atoms with Gasteiger partial charge in [-0.3, -0.25) is 0 Å². The van der Waals surface area contributed by atoms with E-state index in [1.165, 1.54) is 38.3 Å². The van der Waals surface area contributed by atoms with Crippen LogP contribution < -0.4 is 0 Å². The van der Waals surface area contributed by atoms with Gasteiger partial charge in [0.15, 0.2) is 11.7 Å². The highest BCUT2D eigenvalue weighted by molar-refractivity contribution is 6.14. The molecule has 6 aromatic carbocycles. The monoisotopic (exact) mass is 689 g/mol. The molecule has 2 aromatic heterocycles. The Morgan fingerprint density at radius 2 is 1.36 bits per heavy atom. The van der Waals surface area contributed by atoms with Gasteiger partial charge in [-0.2, -0.15) is 0 Å². The van der Waals surface area contributed by atoms with E-state index in [0.717, 1.165) is 38.7 Å². The van der Waals surface area contributed by atoms with Crippen LogP contribution >= 0.6 is 0 Å². The lowest BCUT2D eigenvalue weighted by molar-refractivity contribution is 0.758. The lowest BCUT2D eigenvalue weighted by atomic mass is 9.97. The molecule has 0 saturated carbocycles. The summed E-state index contributed by atoms with van der Waals surface area (Å²) in [5, 5.41) is 6.02. The molecule has 0 unspecified atom stereocenters. The van der Waals surface area contributed by atoms with Crippen molar-refractivity contribution in [1.29, 1.82) is 0 Å². The molecule has 5 nitrogen and oxygen atoms in total. The first-order valence-electron chi connectivity index (χ1n) is 18.1. The summed E-state index contributed by atoms with van der Waals surface area (Å²) in [6, 6.07) is 46.5. The maximum Gasteiger partial charge on any atom is 0.161 e. The van der Waals surface area contributed by atoms with Crippen LogP contribution in [0.5, 0.6) is 0 Å². The van der Waals surface area contributed by atoms with Crippen molar-refractivity contribution in [3.05, 3.63) is 168 Å². The van der Waals surface area contributed by atoms with Gasteiger partial charge < -0.3 is 9.13 Å². The Hall–Kier alpha value is -6.59. The first-order chi connectivity index (χ1) is 26.1. The SMILES string of the molecule is C=Cc1c(/C=C\C)c2cc3ccc(-c4cccc5c6ccccc6n(C)c45)cc3cc2n1C/N=C(\N=C(N=C)c1ccccc1)c1ccccc1.CC. The lowest BCUT2D eigenvalue weighted by Gasteiger charge is -2.10. The highest BCUT2D eigenvalue weighted by atomic mass is 15.1. The average molecular weight is 690 g/mol. The van der Waals surface area contributed by atoms with Gasteiger partial charge in [-0.15, -0.1) is 0 Å². The van der Waals surface area contributed by atoms with E-state index in [2.05, 4.69) is 119 Å². The third-order valence-electron chi connectivity index (χ3n) is 9.65. The molecule has 0 aliphatic carbocycles. The summed E-state index contributed by atoms with van der Waals surface area (Å²) in [5.74, 6) is 1.10. The van der Waals surface area contributed by atoms with Gasteiger partial charge in [-0.1, -0.05) is 142 Å². The number of para-hydroxylation sites is 2. The molecule has 2 heterocycles. The number of aromatic nitrogens is 2.